The highest BCUT2D eigenvalue weighted by Crippen LogP contribution is 2.48. The van der Waals surface area contributed by atoms with Crippen LogP contribution in [0.1, 0.15) is 28.3 Å². The molecule has 0 saturated carbocycles. The van der Waals surface area contributed by atoms with E-state index in [1.165, 1.54) is 11.1 Å². The summed E-state index contributed by atoms with van der Waals surface area (Å²) in [6, 6.07) is 6.06. The van der Waals surface area contributed by atoms with Gasteiger partial charge in [-0.05, 0) is 53.3 Å². The summed E-state index contributed by atoms with van der Waals surface area (Å²) >= 11 is 6.62. The smallest absolute Gasteiger partial charge is 0.231 e. The van der Waals surface area contributed by atoms with Gasteiger partial charge in [0.25, 0.3) is 0 Å². The molecular weight excluding hydrogens is 342 g/mol. The molecule has 130 valence electrons. The normalized spacial score (nSPS) is 20.6. The van der Waals surface area contributed by atoms with Crippen molar-refractivity contribution in [1.29, 1.82) is 0 Å². The number of ether oxygens (including phenoxy) is 3. The maximum Gasteiger partial charge on any atom is 0.231 e. The van der Waals surface area contributed by atoms with Crippen LogP contribution < -0.4 is 14.2 Å². The first-order chi connectivity index (χ1) is 12.2. The van der Waals surface area contributed by atoms with E-state index in [-0.39, 0.29) is 18.6 Å². The van der Waals surface area contributed by atoms with Gasteiger partial charge in [-0.2, -0.15) is 0 Å². The van der Waals surface area contributed by atoms with Crippen molar-refractivity contribution in [3.8, 4) is 23.0 Å². The van der Waals surface area contributed by atoms with Gasteiger partial charge in [0.1, 0.15) is 0 Å². The molecule has 3 aliphatic rings. The standard InChI is InChI=1S/C19H18ClNO4/c1-23-16-4-10-2-3-21-8-11-5-17-19(25-9-24-17)18(20)13(11)6-14(21)12(10)7-15(16)22/h4-5,7,14,22H,2-3,6,8-9H2,1H3. The molecule has 1 N–H and O–H groups in total. The lowest BCUT2D eigenvalue weighted by Gasteiger charge is -2.41. The average Bonchev–Trinajstić information content (AvgIpc) is 3.09. The molecule has 2 aromatic rings. The summed E-state index contributed by atoms with van der Waals surface area (Å²) in [5.41, 5.74) is 4.71. The van der Waals surface area contributed by atoms with Crippen molar-refractivity contribution in [3.63, 3.8) is 0 Å². The third-order valence-corrected chi connectivity index (χ3v) is 5.88. The Morgan fingerprint density at radius 3 is 2.96 bits per heavy atom. The van der Waals surface area contributed by atoms with E-state index in [1.807, 2.05) is 12.1 Å². The molecule has 3 heterocycles. The van der Waals surface area contributed by atoms with Crippen LogP contribution >= 0.6 is 11.6 Å². The van der Waals surface area contributed by atoms with Crippen molar-refractivity contribution in [3.05, 3.63) is 45.5 Å². The van der Waals surface area contributed by atoms with Crippen LogP contribution in [-0.4, -0.2) is 30.5 Å². The van der Waals surface area contributed by atoms with Crippen LogP contribution in [0.25, 0.3) is 0 Å². The Morgan fingerprint density at radius 1 is 1.24 bits per heavy atom. The number of aromatic hydroxyl groups is 1. The zero-order valence-corrected chi connectivity index (χ0v) is 14.6. The first kappa shape index (κ1) is 15.2. The fourth-order valence-corrected chi connectivity index (χ4v) is 4.57. The molecule has 0 bridgehead atoms. The lowest BCUT2D eigenvalue weighted by Crippen LogP contribution is -2.39. The fourth-order valence-electron chi connectivity index (χ4n) is 4.23. The molecule has 0 aliphatic carbocycles. The van der Waals surface area contributed by atoms with E-state index in [0.717, 1.165) is 42.8 Å². The Bertz CT molecular complexity index is 882. The fraction of sp³-hybridized carbons (Fsp3) is 0.368. The Hall–Kier alpha value is -2.11. The summed E-state index contributed by atoms with van der Waals surface area (Å²) in [7, 11) is 1.58. The number of nitrogens with zero attached hydrogens (tertiary/aromatic N) is 1. The van der Waals surface area contributed by atoms with E-state index >= 15 is 0 Å². The Kier molecular flexibility index (Phi) is 3.30. The minimum absolute atomic E-state index is 0.186. The van der Waals surface area contributed by atoms with Gasteiger partial charge in [-0.15, -0.1) is 0 Å². The van der Waals surface area contributed by atoms with Gasteiger partial charge in [0, 0.05) is 19.1 Å². The van der Waals surface area contributed by atoms with Crippen molar-refractivity contribution in [2.45, 2.75) is 25.4 Å². The molecule has 6 heteroatoms. The van der Waals surface area contributed by atoms with Crippen molar-refractivity contribution in [2.24, 2.45) is 0 Å². The second kappa shape index (κ2) is 5.44. The molecule has 3 aliphatic heterocycles. The number of benzene rings is 2. The largest absolute Gasteiger partial charge is 0.504 e. The predicted molar refractivity (Wildman–Crippen MR) is 92.8 cm³/mol. The van der Waals surface area contributed by atoms with E-state index < -0.39 is 0 Å². The van der Waals surface area contributed by atoms with Crippen molar-refractivity contribution in [1.82, 2.24) is 4.90 Å². The maximum absolute atomic E-state index is 10.2. The quantitative estimate of drug-likeness (QED) is 0.845. The molecule has 1 unspecified atom stereocenters. The second-order valence-corrected chi connectivity index (χ2v) is 7.10. The molecule has 0 fully saturated rings. The van der Waals surface area contributed by atoms with Gasteiger partial charge < -0.3 is 19.3 Å². The van der Waals surface area contributed by atoms with Crippen molar-refractivity contribution in [2.75, 3.05) is 20.4 Å². The minimum Gasteiger partial charge on any atom is -0.504 e. The van der Waals surface area contributed by atoms with E-state index in [2.05, 4.69) is 11.0 Å². The SMILES string of the molecule is COc1cc2c(cc1O)C1Cc3c(cc4c(c3Cl)OCO4)CN1CC2. The highest BCUT2D eigenvalue weighted by atomic mass is 35.5. The highest BCUT2D eigenvalue weighted by molar-refractivity contribution is 6.33. The van der Waals surface area contributed by atoms with E-state index in [0.29, 0.717) is 16.5 Å². The van der Waals surface area contributed by atoms with Gasteiger partial charge in [-0.1, -0.05) is 11.6 Å². The molecule has 0 spiro atoms. The predicted octanol–water partition coefficient (Wildman–Crippen LogP) is 3.44. The average molecular weight is 360 g/mol. The van der Waals surface area contributed by atoms with Gasteiger partial charge in [0.05, 0.1) is 12.1 Å². The number of methoxy groups -OCH3 is 1. The monoisotopic (exact) mass is 359 g/mol. The highest BCUT2D eigenvalue weighted by Gasteiger charge is 2.36. The number of hydrogen-bond donors (Lipinski definition) is 1. The van der Waals surface area contributed by atoms with Gasteiger partial charge in [0.15, 0.2) is 23.0 Å². The van der Waals surface area contributed by atoms with Gasteiger partial charge >= 0.3 is 0 Å². The third kappa shape index (κ3) is 2.19. The Labute approximate surface area is 150 Å². The number of halogens is 1. The van der Waals surface area contributed by atoms with E-state index in [4.69, 9.17) is 25.8 Å². The lowest BCUT2D eigenvalue weighted by molar-refractivity contribution is 0.160. The number of phenolic OH excluding ortho intramolecular Hbond substituents is 1. The number of phenols is 1. The molecular formula is C19H18ClNO4. The summed E-state index contributed by atoms with van der Waals surface area (Å²) in [6.07, 6.45) is 1.74. The molecule has 0 radical (unpaired) electrons. The molecule has 5 rings (SSSR count). The Morgan fingerprint density at radius 2 is 2.12 bits per heavy atom. The Balaban J connectivity index is 1.59. The molecule has 0 aromatic heterocycles. The van der Waals surface area contributed by atoms with Crippen LogP contribution in [0.2, 0.25) is 5.02 Å². The topological polar surface area (TPSA) is 51.2 Å². The van der Waals surface area contributed by atoms with Crippen LogP contribution in [0.15, 0.2) is 18.2 Å². The molecule has 25 heavy (non-hydrogen) atoms. The van der Waals surface area contributed by atoms with Crippen molar-refractivity contribution < 1.29 is 19.3 Å². The van der Waals surface area contributed by atoms with Crippen LogP contribution in [0, 0.1) is 0 Å². The van der Waals surface area contributed by atoms with Crippen LogP contribution in [0.3, 0.4) is 0 Å². The van der Waals surface area contributed by atoms with Crippen LogP contribution in [0.5, 0.6) is 23.0 Å². The molecule has 0 saturated heterocycles. The first-order valence-corrected chi connectivity index (χ1v) is 8.77. The van der Waals surface area contributed by atoms with Gasteiger partial charge in [-0.25, -0.2) is 0 Å². The molecule has 0 amide bonds. The second-order valence-electron chi connectivity index (χ2n) is 6.73. The van der Waals surface area contributed by atoms with Crippen molar-refractivity contribution >= 4 is 11.6 Å². The van der Waals surface area contributed by atoms with Gasteiger partial charge in [0.2, 0.25) is 6.79 Å². The zero-order valence-electron chi connectivity index (χ0n) is 13.8. The van der Waals surface area contributed by atoms with Gasteiger partial charge in [-0.3, -0.25) is 4.90 Å². The maximum atomic E-state index is 10.2. The zero-order chi connectivity index (χ0) is 17.1. The van der Waals surface area contributed by atoms with E-state index in [9.17, 15) is 5.11 Å². The number of fused-ring (bicyclic) bond motifs is 5. The minimum atomic E-state index is 0.186. The van der Waals surface area contributed by atoms with Crippen LogP contribution in [0.4, 0.5) is 0 Å². The van der Waals surface area contributed by atoms with Crippen LogP contribution in [-0.2, 0) is 19.4 Å². The van der Waals surface area contributed by atoms with E-state index in [1.54, 1.807) is 7.11 Å². The summed E-state index contributed by atoms with van der Waals surface area (Å²) < 4.78 is 16.3. The first-order valence-electron chi connectivity index (χ1n) is 8.39. The number of hydrogen-bond acceptors (Lipinski definition) is 5. The third-order valence-electron chi connectivity index (χ3n) is 5.48. The molecule has 1 atom stereocenters. The summed E-state index contributed by atoms with van der Waals surface area (Å²) in [5.74, 6) is 2.11. The lowest BCUT2D eigenvalue weighted by atomic mass is 9.83. The molecule has 5 nitrogen and oxygen atoms in total. The summed E-state index contributed by atoms with van der Waals surface area (Å²) in [6.45, 7) is 2.02. The summed E-state index contributed by atoms with van der Waals surface area (Å²) in [4.78, 5) is 2.44. The molecule has 2 aromatic carbocycles. The number of rotatable bonds is 1. The summed E-state index contributed by atoms with van der Waals surface area (Å²) in [5, 5.41) is 10.9.